The lowest BCUT2D eigenvalue weighted by molar-refractivity contribution is 0.341. The second-order valence-corrected chi connectivity index (χ2v) is 3.20. The molecule has 0 saturated heterocycles. The van der Waals surface area contributed by atoms with Gasteiger partial charge in [-0.25, -0.2) is 4.98 Å². The number of nitrogens with zero attached hydrogens (tertiary/aromatic N) is 1. The van der Waals surface area contributed by atoms with Crippen molar-refractivity contribution in [2.24, 2.45) is 0 Å². The van der Waals surface area contributed by atoms with E-state index in [2.05, 4.69) is 9.97 Å². The molecule has 4 nitrogen and oxygen atoms in total. The van der Waals surface area contributed by atoms with Crippen LogP contribution in [0.15, 0.2) is 41.5 Å². The van der Waals surface area contributed by atoms with Crippen LogP contribution < -0.4 is 10.3 Å². The molecule has 0 fully saturated rings. The maximum atomic E-state index is 11.6. The van der Waals surface area contributed by atoms with Crippen molar-refractivity contribution in [1.29, 1.82) is 0 Å². The molecule has 4 heteroatoms. The molecule has 0 aliphatic heterocycles. The maximum Gasteiger partial charge on any atom is 0.274 e. The van der Waals surface area contributed by atoms with Crippen LogP contribution in [0.25, 0.3) is 11.3 Å². The number of aromatic amines is 1. The predicted molar refractivity (Wildman–Crippen MR) is 61.5 cm³/mol. The number of benzene rings is 1. The summed E-state index contributed by atoms with van der Waals surface area (Å²) in [6.45, 7) is 2.46. The smallest absolute Gasteiger partial charge is 0.274 e. The number of ether oxygens (including phenoxy) is 1. The van der Waals surface area contributed by atoms with Crippen LogP contribution in [-0.4, -0.2) is 16.6 Å². The van der Waals surface area contributed by atoms with Crippen LogP contribution in [0, 0.1) is 0 Å². The molecule has 2 aromatic rings. The highest BCUT2D eigenvalue weighted by molar-refractivity contribution is 5.66. The average Bonchev–Trinajstić information content (AvgIpc) is 2.31. The highest BCUT2D eigenvalue weighted by atomic mass is 16.5. The molecule has 82 valence electrons. The number of nitrogens with one attached hydrogen (secondary N) is 1. The molecule has 16 heavy (non-hydrogen) atoms. The lowest BCUT2D eigenvalue weighted by Gasteiger charge is -2.08. The van der Waals surface area contributed by atoms with Crippen molar-refractivity contribution in [2.75, 3.05) is 6.61 Å². The first-order valence-electron chi connectivity index (χ1n) is 5.09. The molecule has 0 saturated carbocycles. The summed E-state index contributed by atoms with van der Waals surface area (Å²) in [6.07, 6.45) is 3.06. The van der Waals surface area contributed by atoms with Gasteiger partial charge in [0.1, 0.15) is 11.4 Å². The van der Waals surface area contributed by atoms with E-state index < -0.39 is 0 Å². The van der Waals surface area contributed by atoms with E-state index in [1.54, 1.807) is 6.20 Å². The van der Waals surface area contributed by atoms with Crippen molar-refractivity contribution in [3.05, 3.63) is 47.0 Å². The summed E-state index contributed by atoms with van der Waals surface area (Å²) in [5, 5.41) is 0. The number of aromatic nitrogens is 2. The van der Waals surface area contributed by atoms with Gasteiger partial charge in [-0.15, -0.1) is 0 Å². The SMILES string of the molecule is CCOc1ccccc1-c1ncc[nH]c1=O. The Morgan fingerprint density at radius 2 is 2.19 bits per heavy atom. The topological polar surface area (TPSA) is 55.0 Å². The summed E-state index contributed by atoms with van der Waals surface area (Å²) in [6, 6.07) is 7.37. The molecule has 0 atom stereocenters. The summed E-state index contributed by atoms with van der Waals surface area (Å²) < 4.78 is 5.45. The molecule has 0 bridgehead atoms. The van der Waals surface area contributed by atoms with Crippen LogP contribution in [0.5, 0.6) is 5.75 Å². The first-order valence-corrected chi connectivity index (χ1v) is 5.09. The minimum absolute atomic E-state index is 0.213. The fourth-order valence-electron chi connectivity index (χ4n) is 1.49. The third-order valence-electron chi connectivity index (χ3n) is 2.15. The quantitative estimate of drug-likeness (QED) is 0.851. The summed E-state index contributed by atoms with van der Waals surface area (Å²) in [5.41, 5.74) is 0.882. The first kappa shape index (κ1) is 10.4. The minimum Gasteiger partial charge on any atom is -0.493 e. The Kier molecular flexibility index (Phi) is 3.00. The summed E-state index contributed by atoms with van der Waals surface area (Å²) in [7, 11) is 0. The molecule has 2 rings (SSSR count). The molecular weight excluding hydrogens is 204 g/mol. The van der Waals surface area contributed by atoms with Crippen LogP contribution in [-0.2, 0) is 0 Å². The van der Waals surface area contributed by atoms with Gasteiger partial charge >= 0.3 is 0 Å². The lowest BCUT2D eigenvalue weighted by atomic mass is 10.1. The van der Waals surface area contributed by atoms with E-state index >= 15 is 0 Å². The van der Waals surface area contributed by atoms with E-state index in [0.29, 0.717) is 23.6 Å². The zero-order valence-corrected chi connectivity index (χ0v) is 8.93. The minimum atomic E-state index is -0.213. The second kappa shape index (κ2) is 4.61. The van der Waals surface area contributed by atoms with Gasteiger partial charge in [-0.05, 0) is 19.1 Å². The normalized spacial score (nSPS) is 10.1. The van der Waals surface area contributed by atoms with Crippen molar-refractivity contribution < 1.29 is 4.74 Å². The van der Waals surface area contributed by atoms with E-state index in [4.69, 9.17) is 4.74 Å². The first-order chi connectivity index (χ1) is 7.83. The molecule has 0 aliphatic carbocycles. The van der Waals surface area contributed by atoms with E-state index in [1.165, 1.54) is 6.20 Å². The van der Waals surface area contributed by atoms with E-state index in [-0.39, 0.29) is 5.56 Å². The van der Waals surface area contributed by atoms with Gasteiger partial charge in [0, 0.05) is 18.0 Å². The Morgan fingerprint density at radius 3 is 2.94 bits per heavy atom. The molecule has 0 radical (unpaired) electrons. The highest BCUT2D eigenvalue weighted by Crippen LogP contribution is 2.25. The zero-order valence-electron chi connectivity index (χ0n) is 8.93. The molecule has 1 N–H and O–H groups in total. The van der Waals surface area contributed by atoms with Crippen molar-refractivity contribution in [3.8, 4) is 17.0 Å². The van der Waals surface area contributed by atoms with Gasteiger partial charge in [0.2, 0.25) is 0 Å². The number of para-hydroxylation sites is 1. The summed E-state index contributed by atoms with van der Waals surface area (Å²) in [5.74, 6) is 0.675. The van der Waals surface area contributed by atoms with Crippen molar-refractivity contribution >= 4 is 0 Å². The van der Waals surface area contributed by atoms with E-state index in [9.17, 15) is 4.79 Å². The molecule has 0 amide bonds. The molecule has 1 aromatic heterocycles. The molecule has 0 spiro atoms. The van der Waals surface area contributed by atoms with Crippen LogP contribution in [0.2, 0.25) is 0 Å². The molecule has 1 aromatic carbocycles. The molecule has 0 aliphatic rings. The predicted octanol–water partition coefficient (Wildman–Crippen LogP) is 1.84. The Morgan fingerprint density at radius 1 is 1.38 bits per heavy atom. The molecule has 0 unspecified atom stereocenters. The third-order valence-corrected chi connectivity index (χ3v) is 2.15. The average molecular weight is 216 g/mol. The highest BCUT2D eigenvalue weighted by Gasteiger charge is 2.09. The van der Waals surface area contributed by atoms with Crippen molar-refractivity contribution in [3.63, 3.8) is 0 Å². The second-order valence-electron chi connectivity index (χ2n) is 3.20. The van der Waals surface area contributed by atoms with Crippen LogP contribution in [0.4, 0.5) is 0 Å². The van der Waals surface area contributed by atoms with Gasteiger partial charge in [-0.2, -0.15) is 0 Å². The van der Waals surface area contributed by atoms with Crippen LogP contribution in [0.3, 0.4) is 0 Å². The summed E-state index contributed by atoms with van der Waals surface area (Å²) in [4.78, 5) is 18.3. The number of hydrogen-bond donors (Lipinski definition) is 1. The Balaban J connectivity index is 2.56. The number of H-pyrrole nitrogens is 1. The fraction of sp³-hybridized carbons (Fsp3) is 0.167. The molecular formula is C12H12N2O2. The van der Waals surface area contributed by atoms with Gasteiger partial charge in [-0.3, -0.25) is 4.79 Å². The van der Waals surface area contributed by atoms with Crippen molar-refractivity contribution in [1.82, 2.24) is 9.97 Å². The van der Waals surface area contributed by atoms with E-state index in [0.717, 1.165) is 0 Å². The Hall–Kier alpha value is -2.10. The monoisotopic (exact) mass is 216 g/mol. The van der Waals surface area contributed by atoms with Gasteiger partial charge in [0.05, 0.1) is 6.61 Å². The van der Waals surface area contributed by atoms with Gasteiger partial charge in [0.15, 0.2) is 0 Å². The van der Waals surface area contributed by atoms with Gasteiger partial charge < -0.3 is 9.72 Å². The lowest BCUT2D eigenvalue weighted by Crippen LogP contribution is -2.10. The fourth-order valence-corrected chi connectivity index (χ4v) is 1.49. The van der Waals surface area contributed by atoms with Gasteiger partial charge in [-0.1, -0.05) is 12.1 Å². The molecule has 1 heterocycles. The Labute approximate surface area is 92.9 Å². The van der Waals surface area contributed by atoms with Gasteiger partial charge in [0.25, 0.3) is 5.56 Å². The van der Waals surface area contributed by atoms with Crippen LogP contribution in [0.1, 0.15) is 6.92 Å². The Bertz CT molecular complexity index is 534. The largest absolute Gasteiger partial charge is 0.493 e. The third kappa shape index (κ3) is 1.95. The zero-order chi connectivity index (χ0) is 11.4. The van der Waals surface area contributed by atoms with Crippen molar-refractivity contribution in [2.45, 2.75) is 6.92 Å². The summed E-state index contributed by atoms with van der Waals surface area (Å²) >= 11 is 0. The standard InChI is InChI=1S/C12H12N2O2/c1-2-16-10-6-4-3-5-9(10)11-12(15)14-8-7-13-11/h3-8H,2H2,1H3,(H,14,15). The van der Waals surface area contributed by atoms with Crippen LogP contribution >= 0.6 is 0 Å². The number of rotatable bonds is 3. The number of hydrogen-bond acceptors (Lipinski definition) is 3. The van der Waals surface area contributed by atoms with E-state index in [1.807, 2.05) is 31.2 Å². The maximum absolute atomic E-state index is 11.6.